The summed E-state index contributed by atoms with van der Waals surface area (Å²) in [6, 6.07) is 0. The van der Waals surface area contributed by atoms with Gasteiger partial charge in [0.1, 0.15) is 0 Å². The first kappa shape index (κ1) is 8.27. The number of carboxylic acid groups (broad SMARTS) is 1. The summed E-state index contributed by atoms with van der Waals surface area (Å²) in [6.07, 6.45) is 3.35. The van der Waals surface area contributed by atoms with Crippen molar-refractivity contribution in [1.29, 1.82) is 0 Å². The molecular weight excluding hydrogens is 142 g/mol. The molecule has 1 saturated heterocycles. The molecule has 0 aliphatic carbocycles. The van der Waals surface area contributed by atoms with Crippen LogP contribution in [0.5, 0.6) is 0 Å². The van der Waals surface area contributed by atoms with E-state index in [2.05, 4.69) is 4.90 Å². The van der Waals surface area contributed by atoms with Gasteiger partial charge in [-0.15, -0.1) is 0 Å². The Morgan fingerprint density at radius 2 is 2.45 bits per heavy atom. The van der Waals surface area contributed by atoms with E-state index < -0.39 is 5.97 Å². The zero-order chi connectivity index (χ0) is 8.27. The number of carboxylic acids is 1. The average molecular weight is 155 g/mol. The van der Waals surface area contributed by atoms with Crippen LogP contribution in [0.25, 0.3) is 0 Å². The summed E-state index contributed by atoms with van der Waals surface area (Å²) in [6.45, 7) is 1.89. The van der Waals surface area contributed by atoms with Crippen molar-refractivity contribution in [2.24, 2.45) is 0 Å². The Morgan fingerprint density at radius 1 is 1.73 bits per heavy atom. The maximum absolute atomic E-state index is 10.3. The highest BCUT2D eigenvalue weighted by Gasteiger charge is 2.10. The Balaban J connectivity index is 2.52. The van der Waals surface area contributed by atoms with Crippen molar-refractivity contribution in [3.05, 3.63) is 11.6 Å². The SMILES string of the molecule is CN1CCC/C(=C/C(=O)O)C1. The molecule has 3 heteroatoms. The quantitative estimate of drug-likeness (QED) is 0.567. The van der Waals surface area contributed by atoms with Crippen molar-refractivity contribution in [2.45, 2.75) is 12.8 Å². The fourth-order valence-corrected chi connectivity index (χ4v) is 1.37. The van der Waals surface area contributed by atoms with Crippen LogP contribution in [0.4, 0.5) is 0 Å². The van der Waals surface area contributed by atoms with Crippen molar-refractivity contribution in [3.63, 3.8) is 0 Å². The average Bonchev–Trinajstić information content (AvgIpc) is 1.85. The minimum atomic E-state index is -0.824. The zero-order valence-electron chi connectivity index (χ0n) is 6.71. The lowest BCUT2D eigenvalue weighted by molar-refractivity contribution is -0.131. The zero-order valence-corrected chi connectivity index (χ0v) is 6.71. The van der Waals surface area contributed by atoms with E-state index in [1.165, 1.54) is 6.08 Å². The first-order valence-electron chi connectivity index (χ1n) is 3.79. The highest BCUT2D eigenvalue weighted by Crippen LogP contribution is 2.12. The molecule has 1 rings (SSSR count). The molecule has 0 spiro atoms. The molecule has 11 heavy (non-hydrogen) atoms. The summed E-state index contributed by atoms with van der Waals surface area (Å²) >= 11 is 0. The Morgan fingerprint density at radius 3 is 3.00 bits per heavy atom. The highest BCUT2D eigenvalue weighted by molar-refractivity contribution is 5.80. The molecule has 0 unspecified atom stereocenters. The topological polar surface area (TPSA) is 40.5 Å². The maximum Gasteiger partial charge on any atom is 0.328 e. The molecule has 0 radical (unpaired) electrons. The largest absolute Gasteiger partial charge is 0.478 e. The van der Waals surface area contributed by atoms with E-state index >= 15 is 0 Å². The number of carbonyl (C=O) groups is 1. The van der Waals surface area contributed by atoms with Gasteiger partial charge in [-0.05, 0) is 32.0 Å². The van der Waals surface area contributed by atoms with E-state index in [0.29, 0.717) is 0 Å². The Kier molecular flexibility index (Phi) is 2.65. The lowest BCUT2D eigenvalue weighted by Crippen LogP contribution is -2.27. The number of nitrogens with zero attached hydrogens (tertiary/aromatic N) is 1. The molecule has 0 aromatic carbocycles. The third-order valence-electron chi connectivity index (χ3n) is 1.84. The van der Waals surface area contributed by atoms with Gasteiger partial charge in [0.05, 0.1) is 0 Å². The molecule has 0 saturated carbocycles. The monoisotopic (exact) mass is 155 g/mol. The van der Waals surface area contributed by atoms with Crippen LogP contribution in [0, 0.1) is 0 Å². The van der Waals surface area contributed by atoms with Crippen molar-refractivity contribution in [2.75, 3.05) is 20.1 Å². The molecule has 1 fully saturated rings. The second kappa shape index (κ2) is 3.53. The van der Waals surface area contributed by atoms with Crippen LogP contribution in [0.2, 0.25) is 0 Å². The third kappa shape index (κ3) is 2.72. The number of aliphatic carboxylic acids is 1. The van der Waals surface area contributed by atoms with Gasteiger partial charge in [0, 0.05) is 12.6 Å². The smallest absolute Gasteiger partial charge is 0.328 e. The fourth-order valence-electron chi connectivity index (χ4n) is 1.37. The molecular formula is C8H13NO2. The van der Waals surface area contributed by atoms with Crippen molar-refractivity contribution >= 4 is 5.97 Å². The molecule has 0 aromatic heterocycles. The second-order valence-electron chi connectivity index (χ2n) is 2.98. The first-order chi connectivity index (χ1) is 5.18. The summed E-state index contributed by atoms with van der Waals surface area (Å²) in [5, 5.41) is 8.46. The van der Waals surface area contributed by atoms with Crippen LogP contribution in [0.15, 0.2) is 11.6 Å². The fraction of sp³-hybridized carbons (Fsp3) is 0.625. The predicted octanol–water partition coefficient (Wildman–Crippen LogP) is 0.723. The van der Waals surface area contributed by atoms with E-state index in [-0.39, 0.29) is 0 Å². The molecule has 3 nitrogen and oxygen atoms in total. The lowest BCUT2D eigenvalue weighted by Gasteiger charge is -2.23. The van der Waals surface area contributed by atoms with Gasteiger partial charge >= 0.3 is 5.97 Å². The van der Waals surface area contributed by atoms with Crippen molar-refractivity contribution in [3.8, 4) is 0 Å². The molecule has 0 amide bonds. The van der Waals surface area contributed by atoms with Gasteiger partial charge in [-0.25, -0.2) is 4.79 Å². The van der Waals surface area contributed by atoms with Crippen molar-refractivity contribution in [1.82, 2.24) is 4.90 Å². The summed E-state index contributed by atoms with van der Waals surface area (Å²) in [5.74, 6) is -0.824. The first-order valence-corrected chi connectivity index (χ1v) is 3.79. The van der Waals surface area contributed by atoms with E-state index in [1.807, 2.05) is 7.05 Å². The summed E-state index contributed by atoms with van der Waals surface area (Å²) in [4.78, 5) is 12.4. The summed E-state index contributed by atoms with van der Waals surface area (Å²) in [5.41, 5.74) is 1.03. The number of hydrogen-bond donors (Lipinski definition) is 1. The third-order valence-corrected chi connectivity index (χ3v) is 1.84. The van der Waals surface area contributed by atoms with Gasteiger partial charge in [0.15, 0.2) is 0 Å². The predicted molar refractivity (Wildman–Crippen MR) is 42.4 cm³/mol. The van der Waals surface area contributed by atoms with Crippen LogP contribution < -0.4 is 0 Å². The number of piperidine rings is 1. The Hall–Kier alpha value is -0.830. The Labute approximate surface area is 66.3 Å². The van der Waals surface area contributed by atoms with Crippen LogP contribution >= 0.6 is 0 Å². The molecule has 62 valence electrons. The van der Waals surface area contributed by atoms with E-state index in [4.69, 9.17) is 5.11 Å². The molecule has 1 N–H and O–H groups in total. The normalized spacial score (nSPS) is 23.9. The Bertz CT molecular complexity index is 187. The van der Waals surface area contributed by atoms with E-state index in [1.54, 1.807) is 0 Å². The van der Waals surface area contributed by atoms with Crippen LogP contribution in [-0.2, 0) is 4.79 Å². The minimum absolute atomic E-state index is 0.812. The minimum Gasteiger partial charge on any atom is -0.478 e. The number of hydrogen-bond acceptors (Lipinski definition) is 2. The van der Waals surface area contributed by atoms with Crippen LogP contribution in [0.1, 0.15) is 12.8 Å². The van der Waals surface area contributed by atoms with Crippen LogP contribution in [-0.4, -0.2) is 36.1 Å². The molecule has 1 heterocycles. The molecule has 0 aromatic rings. The number of likely N-dealkylation sites (tertiary alicyclic amines) is 1. The second-order valence-corrected chi connectivity index (χ2v) is 2.98. The molecule has 1 aliphatic rings. The summed E-state index contributed by atoms with van der Waals surface area (Å²) in [7, 11) is 2.01. The molecule has 1 aliphatic heterocycles. The lowest BCUT2D eigenvalue weighted by atomic mass is 10.1. The maximum atomic E-state index is 10.3. The van der Waals surface area contributed by atoms with Gasteiger partial charge in [0.2, 0.25) is 0 Å². The van der Waals surface area contributed by atoms with Gasteiger partial charge in [-0.3, -0.25) is 0 Å². The highest BCUT2D eigenvalue weighted by atomic mass is 16.4. The standard InChI is InChI=1S/C8H13NO2/c1-9-4-2-3-7(6-9)5-8(10)11/h5H,2-4,6H2,1H3,(H,10,11)/b7-5-. The van der Waals surface area contributed by atoms with Gasteiger partial charge in [-0.1, -0.05) is 0 Å². The van der Waals surface area contributed by atoms with Gasteiger partial charge in [-0.2, -0.15) is 0 Å². The number of likely N-dealkylation sites (N-methyl/N-ethyl adjacent to an activating group) is 1. The molecule has 0 bridgehead atoms. The van der Waals surface area contributed by atoms with E-state index in [9.17, 15) is 4.79 Å². The number of rotatable bonds is 1. The van der Waals surface area contributed by atoms with Crippen molar-refractivity contribution < 1.29 is 9.90 Å². The molecule has 0 atom stereocenters. The van der Waals surface area contributed by atoms with Gasteiger partial charge in [0.25, 0.3) is 0 Å². The van der Waals surface area contributed by atoms with Crippen LogP contribution in [0.3, 0.4) is 0 Å². The van der Waals surface area contributed by atoms with Gasteiger partial charge < -0.3 is 10.0 Å². The summed E-state index contributed by atoms with van der Waals surface area (Å²) < 4.78 is 0. The van der Waals surface area contributed by atoms with E-state index in [0.717, 1.165) is 31.5 Å².